The third kappa shape index (κ3) is 2.44. The Morgan fingerprint density at radius 1 is 0.783 bits per heavy atom. The van der Waals surface area contributed by atoms with Crippen LogP contribution in [0, 0.1) is 11.6 Å². The second-order valence-electron chi connectivity index (χ2n) is 4.99. The Morgan fingerprint density at radius 3 is 2.39 bits per heavy atom. The van der Waals surface area contributed by atoms with E-state index in [0.29, 0.717) is 28.2 Å². The van der Waals surface area contributed by atoms with Gasteiger partial charge in [0.1, 0.15) is 5.69 Å². The lowest BCUT2D eigenvalue weighted by Crippen LogP contribution is -1.90. The summed E-state index contributed by atoms with van der Waals surface area (Å²) in [4.78, 5) is 16.0. The molecular formula is C17H10F2N4. The van der Waals surface area contributed by atoms with Crippen LogP contribution in [-0.2, 0) is 0 Å². The summed E-state index contributed by atoms with van der Waals surface area (Å²) in [7, 11) is 0. The highest BCUT2D eigenvalue weighted by molar-refractivity contribution is 5.79. The standard InChI is InChI=1S/C17H10F2N4/c18-10-8-15-16(9-11(10)19)23-17(22-15)14-6-3-5-13(21-14)12-4-1-2-7-20-12/h1-9H,(H,22,23). The molecule has 0 aliphatic rings. The van der Waals surface area contributed by atoms with E-state index >= 15 is 0 Å². The number of pyridine rings is 2. The fourth-order valence-corrected chi connectivity index (χ4v) is 2.35. The number of rotatable bonds is 2. The molecule has 4 nitrogen and oxygen atoms in total. The Bertz CT molecular complexity index is 957. The molecule has 1 N–H and O–H groups in total. The molecule has 0 amide bonds. The van der Waals surface area contributed by atoms with Gasteiger partial charge in [0.15, 0.2) is 17.5 Å². The third-order valence-corrected chi connectivity index (χ3v) is 3.44. The molecule has 23 heavy (non-hydrogen) atoms. The Hall–Kier alpha value is -3.15. The smallest absolute Gasteiger partial charge is 0.161 e. The predicted molar refractivity (Wildman–Crippen MR) is 82.5 cm³/mol. The van der Waals surface area contributed by atoms with Crippen LogP contribution in [0.1, 0.15) is 0 Å². The molecule has 3 heterocycles. The quantitative estimate of drug-likeness (QED) is 0.609. The Balaban J connectivity index is 1.82. The first kappa shape index (κ1) is 13.5. The van der Waals surface area contributed by atoms with Gasteiger partial charge in [0.2, 0.25) is 0 Å². The van der Waals surface area contributed by atoms with Gasteiger partial charge in [-0.2, -0.15) is 0 Å². The fourth-order valence-electron chi connectivity index (χ4n) is 2.35. The minimum atomic E-state index is -0.925. The maximum Gasteiger partial charge on any atom is 0.161 e. The van der Waals surface area contributed by atoms with Crippen LogP contribution < -0.4 is 0 Å². The lowest BCUT2D eigenvalue weighted by atomic mass is 10.2. The lowest BCUT2D eigenvalue weighted by Gasteiger charge is -2.01. The minimum Gasteiger partial charge on any atom is -0.337 e. The number of H-pyrrole nitrogens is 1. The van der Waals surface area contributed by atoms with Gasteiger partial charge >= 0.3 is 0 Å². The van der Waals surface area contributed by atoms with Crippen LogP contribution >= 0.6 is 0 Å². The number of benzene rings is 1. The van der Waals surface area contributed by atoms with Gasteiger partial charge in [0.25, 0.3) is 0 Å². The zero-order valence-electron chi connectivity index (χ0n) is 11.8. The van der Waals surface area contributed by atoms with Gasteiger partial charge < -0.3 is 4.98 Å². The second kappa shape index (κ2) is 5.24. The van der Waals surface area contributed by atoms with Crippen LogP contribution in [0.15, 0.2) is 54.7 Å². The number of nitrogens with one attached hydrogen (secondary N) is 1. The van der Waals surface area contributed by atoms with Gasteiger partial charge in [0, 0.05) is 18.3 Å². The first-order chi connectivity index (χ1) is 11.2. The van der Waals surface area contributed by atoms with E-state index in [9.17, 15) is 8.78 Å². The van der Waals surface area contributed by atoms with E-state index in [0.717, 1.165) is 17.8 Å². The van der Waals surface area contributed by atoms with Crippen molar-refractivity contribution in [1.29, 1.82) is 0 Å². The topological polar surface area (TPSA) is 54.5 Å². The molecule has 0 aliphatic heterocycles. The molecule has 112 valence electrons. The molecule has 0 bridgehead atoms. The van der Waals surface area contributed by atoms with Crippen LogP contribution in [0.5, 0.6) is 0 Å². The van der Waals surface area contributed by atoms with Gasteiger partial charge in [-0.05, 0) is 24.3 Å². The van der Waals surface area contributed by atoms with E-state index in [1.165, 1.54) is 0 Å². The van der Waals surface area contributed by atoms with Crippen molar-refractivity contribution in [2.75, 3.05) is 0 Å². The summed E-state index contributed by atoms with van der Waals surface area (Å²) in [6, 6.07) is 13.2. The Kier molecular flexibility index (Phi) is 3.08. The van der Waals surface area contributed by atoms with Gasteiger partial charge in [-0.15, -0.1) is 0 Å². The first-order valence-electron chi connectivity index (χ1n) is 6.94. The van der Waals surface area contributed by atoms with Crippen molar-refractivity contribution in [3.63, 3.8) is 0 Å². The highest BCUT2D eigenvalue weighted by Gasteiger charge is 2.11. The van der Waals surface area contributed by atoms with E-state index in [4.69, 9.17) is 0 Å². The summed E-state index contributed by atoms with van der Waals surface area (Å²) in [5.74, 6) is -1.39. The van der Waals surface area contributed by atoms with Crippen molar-refractivity contribution < 1.29 is 8.78 Å². The van der Waals surface area contributed by atoms with Crippen molar-refractivity contribution in [1.82, 2.24) is 19.9 Å². The largest absolute Gasteiger partial charge is 0.337 e. The molecule has 0 saturated carbocycles. The molecule has 4 rings (SSSR count). The van der Waals surface area contributed by atoms with Crippen LogP contribution in [0.4, 0.5) is 8.78 Å². The average molecular weight is 308 g/mol. The predicted octanol–water partition coefficient (Wildman–Crippen LogP) is 3.97. The van der Waals surface area contributed by atoms with Crippen LogP contribution in [0.25, 0.3) is 33.9 Å². The van der Waals surface area contributed by atoms with Gasteiger partial charge in [-0.3, -0.25) is 4.98 Å². The highest BCUT2D eigenvalue weighted by atomic mass is 19.2. The molecule has 0 saturated heterocycles. The summed E-state index contributed by atoms with van der Waals surface area (Å²) in [5.41, 5.74) is 2.78. The number of aromatic amines is 1. The number of fused-ring (bicyclic) bond motifs is 1. The SMILES string of the molecule is Fc1cc2nc(-c3cccc(-c4ccccn4)n3)[nH]c2cc1F. The molecule has 0 radical (unpaired) electrons. The van der Waals surface area contributed by atoms with Crippen molar-refractivity contribution >= 4 is 11.0 Å². The van der Waals surface area contributed by atoms with E-state index in [-0.39, 0.29) is 0 Å². The molecule has 0 spiro atoms. The molecule has 1 aromatic carbocycles. The summed E-state index contributed by atoms with van der Waals surface area (Å²) >= 11 is 0. The van der Waals surface area contributed by atoms with Crippen molar-refractivity contribution in [2.24, 2.45) is 0 Å². The molecule has 0 aliphatic carbocycles. The summed E-state index contributed by atoms with van der Waals surface area (Å²) in [6.45, 7) is 0. The molecule has 4 aromatic rings. The normalized spacial score (nSPS) is 11.0. The fraction of sp³-hybridized carbons (Fsp3) is 0. The average Bonchev–Trinajstić information content (AvgIpc) is 2.99. The van der Waals surface area contributed by atoms with Crippen molar-refractivity contribution in [3.8, 4) is 22.9 Å². The number of imidazole rings is 1. The van der Waals surface area contributed by atoms with Crippen LogP contribution in [0.2, 0.25) is 0 Å². The highest BCUT2D eigenvalue weighted by Crippen LogP contribution is 2.23. The number of aromatic nitrogens is 4. The van der Waals surface area contributed by atoms with E-state index in [2.05, 4.69) is 19.9 Å². The number of hydrogen-bond acceptors (Lipinski definition) is 3. The van der Waals surface area contributed by atoms with Gasteiger partial charge in [0.05, 0.1) is 22.4 Å². The maximum absolute atomic E-state index is 13.3. The minimum absolute atomic E-state index is 0.351. The number of hydrogen-bond donors (Lipinski definition) is 1. The zero-order chi connectivity index (χ0) is 15.8. The van der Waals surface area contributed by atoms with E-state index < -0.39 is 11.6 Å². The monoisotopic (exact) mass is 308 g/mol. The number of halogens is 2. The third-order valence-electron chi connectivity index (χ3n) is 3.44. The van der Waals surface area contributed by atoms with Crippen LogP contribution in [-0.4, -0.2) is 19.9 Å². The van der Waals surface area contributed by atoms with E-state index in [1.807, 2.05) is 30.3 Å². The maximum atomic E-state index is 13.3. The van der Waals surface area contributed by atoms with E-state index in [1.54, 1.807) is 12.3 Å². The van der Waals surface area contributed by atoms with Crippen molar-refractivity contribution in [2.45, 2.75) is 0 Å². The second-order valence-corrected chi connectivity index (χ2v) is 4.99. The lowest BCUT2D eigenvalue weighted by molar-refractivity contribution is 0.510. The number of nitrogens with zero attached hydrogens (tertiary/aromatic N) is 3. The summed E-state index contributed by atoms with van der Waals surface area (Å²) < 4.78 is 26.6. The van der Waals surface area contributed by atoms with Gasteiger partial charge in [-0.1, -0.05) is 12.1 Å². The summed E-state index contributed by atoms with van der Waals surface area (Å²) in [5, 5.41) is 0. The first-order valence-corrected chi connectivity index (χ1v) is 6.94. The van der Waals surface area contributed by atoms with Gasteiger partial charge in [-0.25, -0.2) is 18.7 Å². The molecule has 0 fully saturated rings. The van der Waals surface area contributed by atoms with Crippen LogP contribution in [0.3, 0.4) is 0 Å². The Morgan fingerprint density at radius 2 is 1.57 bits per heavy atom. The Labute approximate surface area is 129 Å². The molecule has 6 heteroatoms. The molecular weight excluding hydrogens is 298 g/mol. The summed E-state index contributed by atoms with van der Waals surface area (Å²) in [6.07, 6.45) is 1.69. The van der Waals surface area contributed by atoms with Crippen molar-refractivity contribution in [3.05, 3.63) is 66.4 Å². The zero-order valence-corrected chi connectivity index (χ0v) is 11.8. The molecule has 3 aromatic heterocycles. The molecule has 0 unspecified atom stereocenters. The molecule has 0 atom stereocenters.